The van der Waals surface area contributed by atoms with Gasteiger partial charge in [0.05, 0.1) is 23.9 Å². The zero-order valence-electron chi connectivity index (χ0n) is 21.6. The van der Waals surface area contributed by atoms with Crippen LogP contribution in [-0.2, 0) is 4.79 Å². The monoisotopic (exact) mass is 495 g/mol. The van der Waals surface area contributed by atoms with Gasteiger partial charge in [0.25, 0.3) is 0 Å². The van der Waals surface area contributed by atoms with Crippen LogP contribution >= 0.6 is 0 Å². The summed E-state index contributed by atoms with van der Waals surface area (Å²) >= 11 is 0. The summed E-state index contributed by atoms with van der Waals surface area (Å²) in [5.41, 5.74) is 5.12. The zero-order chi connectivity index (χ0) is 25.8. The van der Waals surface area contributed by atoms with Crippen molar-refractivity contribution in [3.8, 4) is 5.75 Å². The van der Waals surface area contributed by atoms with E-state index in [1.807, 2.05) is 56.3 Å². The maximum Gasteiger partial charge on any atom is 0.226 e. The van der Waals surface area contributed by atoms with Crippen molar-refractivity contribution in [3.05, 3.63) is 89.4 Å². The van der Waals surface area contributed by atoms with Gasteiger partial charge in [0.1, 0.15) is 5.75 Å². The van der Waals surface area contributed by atoms with Crippen molar-refractivity contribution in [2.75, 3.05) is 24.6 Å². The van der Waals surface area contributed by atoms with E-state index in [-0.39, 0.29) is 17.9 Å². The standard InChI is InChI=1S/C30H33N5O2/c1-4-37-24-9-10-27-26(19-24)21(3)32-30(33-27)35-17-13-23(14-18-35)29(36)34-28(22-11-15-31-16-12-22)25-8-6-5-7-20(25)2/h5-12,15-16,19,23,28H,4,13-14,17-18H2,1-3H3,(H,34,36)/t28-/m0/s1. The lowest BCUT2D eigenvalue weighted by atomic mass is 9.92. The van der Waals surface area contributed by atoms with Gasteiger partial charge in [0.2, 0.25) is 11.9 Å². The largest absolute Gasteiger partial charge is 0.494 e. The topological polar surface area (TPSA) is 80.2 Å². The lowest BCUT2D eigenvalue weighted by molar-refractivity contribution is -0.126. The number of carbonyl (C=O) groups is 1. The fourth-order valence-electron chi connectivity index (χ4n) is 5.05. The molecule has 190 valence electrons. The van der Waals surface area contributed by atoms with Gasteiger partial charge in [-0.05, 0) is 80.6 Å². The lowest BCUT2D eigenvalue weighted by Crippen LogP contribution is -2.42. The average Bonchev–Trinajstić information content (AvgIpc) is 2.93. The summed E-state index contributed by atoms with van der Waals surface area (Å²) in [5.74, 6) is 1.59. The number of nitrogens with zero attached hydrogens (tertiary/aromatic N) is 4. The molecule has 37 heavy (non-hydrogen) atoms. The van der Waals surface area contributed by atoms with E-state index in [0.717, 1.165) is 70.9 Å². The molecule has 3 heterocycles. The Kier molecular flexibility index (Phi) is 7.30. The normalized spacial score (nSPS) is 14.9. The number of hydrogen-bond acceptors (Lipinski definition) is 6. The van der Waals surface area contributed by atoms with Crippen LogP contribution in [0.25, 0.3) is 10.9 Å². The predicted molar refractivity (Wildman–Crippen MR) is 146 cm³/mol. The van der Waals surface area contributed by atoms with E-state index >= 15 is 0 Å². The minimum absolute atomic E-state index is 0.0556. The SMILES string of the molecule is CCOc1ccc2nc(N3CCC(C(=O)N[C@@H](c4ccncc4)c4ccccc4C)CC3)nc(C)c2c1. The molecule has 0 spiro atoms. The molecule has 0 saturated carbocycles. The summed E-state index contributed by atoms with van der Waals surface area (Å²) in [6, 6.07) is 17.9. The van der Waals surface area contributed by atoms with Crippen molar-refractivity contribution < 1.29 is 9.53 Å². The van der Waals surface area contributed by atoms with Crippen LogP contribution in [0, 0.1) is 19.8 Å². The Hall–Kier alpha value is -4.00. The van der Waals surface area contributed by atoms with E-state index in [0.29, 0.717) is 6.61 Å². The number of hydrogen-bond donors (Lipinski definition) is 1. The molecule has 2 aromatic carbocycles. The predicted octanol–water partition coefficient (Wildman–Crippen LogP) is 5.16. The molecule has 1 fully saturated rings. The van der Waals surface area contributed by atoms with Crippen molar-refractivity contribution in [2.24, 2.45) is 5.92 Å². The highest BCUT2D eigenvalue weighted by molar-refractivity contribution is 5.83. The van der Waals surface area contributed by atoms with Crippen molar-refractivity contribution >= 4 is 22.8 Å². The van der Waals surface area contributed by atoms with Gasteiger partial charge in [-0.1, -0.05) is 24.3 Å². The molecule has 5 rings (SSSR count). The summed E-state index contributed by atoms with van der Waals surface area (Å²) in [5, 5.41) is 4.34. The highest BCUT2D eigenvalue weighted by Crippen LogP contribution is 2.29. The fourth-order valence-corrected chi connectivity index (χ4v) is 5.05. The Balaban J connectivity index is 1.28. The van der Waals surface area contributed by atoms with Crippen molar-refractivity contribution in [2.45, 2.75) is 39.7 Å². The summed E-state index contributed by atoms with van der Waals surface area (Å²) in [6.45, 7) is 8.17. The number of aryl methyl sites for hydroxylation is 2. The first-order chi connectivity index (χ1) is 18.0. The van der Waals surface area contributed by atoms with E-state index in [2.05, 4.69) is 34.3 Å². The number of ether oxygens (including phenoxy) is 1. The van der Waals surface area contributed by atoms with Gasteiger partial charge in [0, 0.05) is 36.8 Å². The second-order valence-corrected chi connectivity index (χ2v) is 9.56. The molecular formula is C30H33N5O2. The fraction of sp³-hybridized carbons (Fsp3) is 0.333. The van der Waals surface area contributed by atoms with E-state index in [9.17, 15) is 4.79 Å². The summed E-state index contributed by atoms with van der Waals surface area (Å²) in [4.78, 5) is 29.4. The number of aromatic nitrogens is 3. The number of rotatable bonds is 7. The molecule has 1 atom stereocenters. The number of carbonyl (C=O) groups excluding carboxylic acids is 1. The Labute approximate surface area is 217 Å². The molecule has 1 aliphatic rings. The van der Waals surface area contributed by atoms with Crippen LogP contribution < -0.4 is 15.0 Å². The van der Waals surface area contributed by atoms with Crippen LogP contribution in [0.15, 0.2) is 67.0 Å². The summed E-state index contributed by atoms with van der Waals surface area (Å²) < 4.78 is 5.63. The molecule has 0 bridgehead atoms. The summed E-state index contributed by atoms with van der Waals surface area (Å²) in [6.07, 6.45) is 5.06. The maximum absolute atomic E-state index is 13.4. The lowest BCUT2D eigenvalue weighted by Gasteiger charge is -2.32. The molecule has 1 amide bonds. The minimum atomic E-state index is -0.206. The molecule has 7 nitrogen and oxygen atoms in total. The minimum Gasteiger partial charge on any atom is -0.494 e. The van der Waals surface area contributed by atoms with Crippen molar-refractivity contribution in [1.82, 2.24) is 20.3 Å². The quantitative estimate of drug-likeness (QED) is 0.381. The number of piperidine rings is 1. The maximum atomic E-state index is 13.4. The Morgan fingerprint density at radius 2 is 1.81 bits per heavy atom. The van der Waals surface area contributed by atoms with E-state index in [1.165, 1.54) is 0 Å². The van der Waals surface area contributed by atoms with Crippen LogP contribution in [-0.4, -0.2) is 40.6 Å². The number of anilines is 1. The van der Waals surface area contributed by atoms with Gasteiger partial charge in [-0.25, -0.2) is 9.97 Å². The molecule has 2 aromatic heterocycles. The zero-order valence-corrected chi connectivity index (χ0v) is 21.6. The Morgan fingerprint density at radius 1 is 1.05 bits per heavy atom. The number of benzene rings is 2. The van der Waals surface area contributed by atoms with Gasteiger partial charge in [-0.15, -0.1) is 0 Å². The van der Waals surface area contributed by atoms with E-state index < -0.39 is 0 Å². The Morgan fingerprint density at radius 3 is 2.54 bits per heavy atom. The number of fused-ring (bicyclic) bond motifs is 1. The number of amides is 1. The molecule has 0 aliphatic carbocycles. The molecular weight excluding hydrogens is 462 g/mol. The van der Waals surface area contributed by atoms with E-state index in [1.54, 1.807) is 12.4 Å². The first-order valence-corrected chi connectivity index (χ1v) is 13.0. The van der Waals surface area contributed by atoms with Crippen LogP contribution in [0.4, 0.5) is 5.95 Å². The molecule has 1 N–H and O–H groups in total. The molecule has 0 unspecified atom stereocenters. The highest BCUT2D eigenvalue weighted by atomic mass is 16.5. The third-order valence-electron chi connectivity index (χ3n) is 7.13. The second-order valence-electron chi connectivity index (χ2n) is 9.56. The van der Waals surface area contributed by atoms with Crippen molar-refractivity contribution in [1.29, 1.82) is 0 Å². The van der Waals surface area contributed by atoms with Crippen molar-refractivity contribution in [3.63, 3.8) is 0 Å². The second kappa shape index (κ2) is 10.9. The highest BCUT2D eigenvalue weighted by Gasteiger charge is 2.29. The molecule has 7 heteroatoms. The molecule has 0 radical (unpaired) electrons. The van der Waals surface area contributed by atoms with Gasteiger partial charge in [-0.2, -0.15) is 0 Å². The molecule has 1 aliphatic heterocycles. The van der Waals surface area contributed by atoms with Crippen LogP contribution in [0.3, 0.4) is 0 Å². The van der Waals surface area contributed by atoms with Gasteiger partial charge in [0.15, 0.2) is 0 Å². The third kappa shape index (κ3) is 5.40. The first-order valence-electron chi connectivity index (χ1n) is 13.0. The number of nitrogens with one attached hydrogen (secondary N) is 1. The molecule has 1 saturated heterocycles. The van der Waals surface area contributed by atoms with Gasteiger partial charge in [-0.3, -0.25) is 9.78 Å². The molecule has 4 aromatic rings. The number of pyridine rings is 1. The van der Waals surface area contributed by atoms with E-state index in [4.69, 9.17) is 14.7 Å². The third-order valence-corrected chi connectivity index (χ3v) is 7.13. The van der Waals surface area contributed by atoms with Gasteiger partial charge < -0.3 is 15.0 Å². The Bertz CT molecular complexity index is 1380. The van der Waals surface area contributed by atoms with Gasteiger partial charge >= 0.3 is 0 Å². The average molecular weight is 496 g/mol. The van der Waals surface area contributed by atoms with Crippen LogP contribution in [0.2, 0.25) is 0 Å². The smallest absolute Gasteiger partial charge is 0.226 e. The van der Waals surface area contributed by atoms with Crippen LogP contribution in [0.5, 0.6) is 5.75 Å². The summed E-state index contributed by atoms with van der Waals surface area (Å²) in [7, 11) is 0. The first kappa shape index (κ1) is 24.7. The van der Waals surface area contributed by atoms with Crippen LogP contribution in [0.1, 0.15) is 48.2 Å².